The molecule has 0 amide bonds. The Bertz CT molecular complexity index is 534. The normalized spacial score (nSPS) is 10.5. The standard InChI is InChI=1S/C12H11ClN2OS/c1-8-6-14-12(15-11(8)16)17-7-9-4-2-3-5-10(9)13/h2-6H,7H2,1H3,(H,14,15,16). The Balaban J connectivity index is 2.08. The zero-order chi connectivity index (χ0) is 12.3. The molecule has 0 atom stereocenters. The lowest BCUT2D eigenvalue weighted by molar-refractivity contribution is 0.440. The second kappa shape index (κ2) is 5.38. The number of halogens is 1. The van der Waals surface area contributed by atoms with Gasteiger partial charge in [0.05, 0.1) is 0 Å². The van der Waals surface area contributed by atoms with Crippen LogP contribution in [0.3, 0.4) is 0 Å². The predicted molar refractivity (Wildman–Crippen MR) is 69.4 cm³/mol. The monoisotopic (exact) mass is 266 g/mol. The van der Waals surface area contributed by atoms with Crippen molar-refractivity contribution in [3.05, 3.63) is 46.6 Å². The topological polar surface area (TPSA) is 46.0 Å². The van der Waals surface area contributed by atoms with Gasteiger partial charge in [-0.1, -0.05) is 41.6 Å². The van der Waals surface area contributed by atoms with E-state index in [4.69, 9.17) is 11.6 Å². The second-order valence-corrected chi connectivity index (χ2v) is 4.89. The Kier molecular flexibility index (Phi) is 3.86. The molecule has 1 aromatic carbocycles. The molecule has 2 rings (SSSR count). The molecule has 88 valence electrons. The number of aryl methyl sites for hydroxylation is 1. The summed E-state index contributed by atoms with van der Waals surface area (Å²) in [6, 6.07) is 7.65. The Morgan fingerprint density at radius 1 is 1.35 bits per heavy atom. The smallest absolute Gasteiger partial charge is 0.217 e. The summed E-state index contributed by atoms with van der Waals surface area (Å²) >= 11 is 7.49. The van der Waals surface area contributed by atoms with Gasteiger partial charge in [0, 0.05) is 22.5 Å². The summed E-state index contributed by atoms with van der Waals surface area (Å²) in [6.07, 6.45) is 1.61. The minimum Gasteiger partial charge on any atom is -0.493 e. The van der Waals surface area contributed by atoms with Crippen LogP contribution in [0.2, 0.25) is 5.02 Å². The number of benzene rings is 1. The SMILES string of the molecule is Cc1cnc(SCc2ccccc2Cl)nc1O. The van der Waals surface area contributed by atoms with Crippen LogP contribution in [0.1, 0.15) is 11.1 Å². The predicted octanol–water partition coefficient (Wildman–Crippen LogP) is 3.44. The summed E-state index contributed by atoms with van der Waals surface area (Å²) in [5, 5.41) is 10.7. The molecule has 0 aliphatic carbocycles. The summed E-state index contributed by atoms with van der Waals surface area (Å²) < 4.78 is 0. The maximum absolute atomic E-state index is 9.46. The summed E-state index contributed by atoms with van der Waals surface area (Å²) in [5.41, 5.74) is 1.70. The van der Waals surface area contributed by atoms with E-state index in [1.54, 1.807) is 13.1 Å². The van der Waals surface area contributed by atoms with Crippen LogP contribution in [-0.2, 0) is 5.75 Å². The van der Waals surface area contributed by atoms with Crippen molar-refractivity contribution in [2.75, 3.05) is 0 Å². The highest BCUT2D eigenvalue weighted by atomic mass is 35.5. The Labute approximate surface area is 109 Å². The molecule has 1 aromatic heterocycles. The highest BCUT2D eigenvalue weighted by Gasteiger charge is 2.05. The number of thioether (sulfide) groups is 1. The molecular formula is C12H11ClN2OS. The fourth-order valence-electron chi connectivity index (χ4n) is 1.24. The number of aromatic nitrogens is 2. The van der Waals surface area contributed by atoms with E-state index in [1.807, 2.05) is 24.3 Å². The Hall–Kier alpha value is -1.26. The van der Waals surface area contributed by atoms with Gasteiger partial charge in [-0.3, -0.25) is 0 Å². The molecule has 0 unspecified atom stereocenters. The molecule has 2 aromatic rings. The van der Waals surface area contributed by atoms with Gasteiger partial charge >= 0.3 is 0 Å². The molecule has 0 aliphatic heterocycles. The Morgan fingerprint density at radius 2 is 2.12 bits per heavy atom. The zero-order valence-corrected chi connectivity index (χ0v) is 10.8. The van der Waals surface area contributed by atoms with Crippen molar-refractivity contribution in [2.45, 2.75) is 17.8 Å². The zero-order valence-electron chi connectivity index (χ0n) is 9.22. The molecule has 3 nitrogen and oxygen atoms in total. The summed E-state index contributed by atoms with van der Waals surface area (Å²) in [5.74, 6) is 0.712. The third kappa shape index (κ3) is 3.11. The molecule has 0 saturated heterocycles. The molecular weight excluding hydrogens is 256 g/mol. The van der Waals surface area contributed by atoms with Gasteiger partial charge in [-0.25, -0.2) is 4.98 Å². The molecule has 1 heterocycles. The number of rotatable bonds is 3. The summed E-state index contributed by atoms with van der Waals surface area (Å²) in [4.78, 5) is 8.11. The molecule has 0 spiro atoms. The lowest BCUT2D eigenvalue weighted by Crippen LogP contribution is -1.90. The summed E-state index contributed by atoms with van der Waals surface area (Å²) in [6.45, 7) is 1.76. The minimum atomic E-state index is 0.0293. The van der Waals surface area contributed by atoms with Crippen molar-refractivity contribution in [1.29, 1.82) is 0 Å². The molecule has 1 N–H and O–H groups in total. The van der Waals surface area contributed by atoms with E-state index in [0.717, 1.165) is 10.6 Å². The first-order chi connectivity index (χ1) is 8.16. The van der Waals surface area contributed by atoms with Crippen molar-refractivity contribution in [3.8, 4) is 5.88 Å². The average Bonchev–Trinajstić information content (AvgIpc) is 2.32. The van der Waals surface area contributed by atoms with Gasteiger partial charge in [-0.2, -0.15) is 4.98 Å². The van der Waals surface area contributed by atoms with Crippen molar-refractivity contribution in [2.24, 2.45) is 0 Å². The van der Waals surface area contributed by atoms with Gasteiger partial charge < -0.3 is 5.11 Å². The van der Waals surface area contributed by atoms with E-state index in [2.05, 4.69) is 9.97 Å². The first kappa shape index (κ1) is 12.2. The van der Waals surface area contributed by atoms with E-state index in [-0.39, 0.29) is 5.88 Å². The molecule has 0 aliphatic rings. The van der Waals surface area contributed by atoms with Gasteiger partial charge in [-0.15, -0.1) is 0 Å². The van der Waals surface area contributed by atoms with E-state index >= 15 is 0 Å². The van der Waals surface area contributed by atoms with E-state index in [9.17, 15) is 5.11 Å². The average molecular weight is 267 g/mol. The van der Waals surface area contributed by atoms with Crippen LogP contribution in [0.25, 0.3) is 0 Å². The Morgan fingerprint density at radius 3 is 2.82 bits per heavy atom. The number of nitrogens with zero attached hydrogens (tertiary/aromatic N) is 2. The molecule has 0 radical (unpaired) electrons. The molecule has 17 heavy (non-hydrogen) atoms. The van der Waals surface area contributed by atoms with Crippen LogP contribution in [-0.4, -0.2) is 15.1 Å². The fourth-order valence-corrected chi connectivity index (χ4v) is 2.34. The van der Waals surface area contributed by atoms with Crippen LogP contribution in [0.4, 0.5) is 0 Å². The highest BCUT2D eigenvalue weighted by Crippen LogP contribution is 2.25. The van der Waals surface area contributed by atoms with Gasteiger partial charge in [0.2, 0.25) is 5.88 Å². The first-order valence-corrected chi connectivity index (χ1v) is 6.42. The van der Waals surface area contributed by atoms with Crippen LogP contribution < -0.4 is 0 Å². The third-order valence-corrected chi connectivity index (χ3v) is 3.52. The minimum absolute atomic E-state index is 0.0293. The molecule has 0 saturated carbocycles. The van der Waals surface area contributed by atoms with Crippen LogP contribution in [0.5, 0.6) is 5.88 Å². The first-order valence-electron chi connectivity index (χ1n) is 5.05. The van der Waals surface area contributed by atoms with Crippen LogP contribution in [0, 0.1) is 6.92 Å². The van der Waals surface area contributed by atoms with Crippen molar-refractivity contribution in [1.82, 2.24) is 9.97 Å². The van der Waals surface area contributed by atoms with Gasteiger partial charge in [0.25, 0.3) is 0 Å². The van der Waals surface area contributed by atoms with Gasteiger partial charge in [0.15, 0.2) is 5.16 Å². The number of aromatic hydroxyl groups is 1. The lowest BCUT2D eigenvalue weighted by atomic mass is 10.2. The van der Waals surface area contributed by atoms with Crippen molar-refractivity contribution >= 4 is 23.4 Å². The molecule has 0 fully saturated rings. The maximum atomic E-state index is 9.46. The number of hydrogen-bond donors (Lipinski definition) is 1. The van der Waals surface area contributed by atoms with Gasteiger partial charge in [0.1, 0.15) is 0 Å². The van der Waals surface area contributed by atoms with Crippen LogP contribution >= 0.6 is 23.4 Å². The van der Waals surface area contributed by atoms with Crippen LogP contribution in [0.15, 0.2) is 35.6 Å². The highest BCUT2D eigenvalue weighted by molar-refractivity contribution is 7.98. The third-order valence-electron chi connectivity index (χ3n) is 2.24. The summed E-state index contributed by atoms with van der Waals surface area (Å²) in [7, 11) is 0. The molecule has 5 heteroatoms. The molecule has 0 bridgehead atoms. The van der Waals surface area contributed by atoms with Gasteiger partial charge in [-0.05, 0) is 18.6 Å². The van der Waals surface area contributed by atoms with Crippen molar-refractivity contribution in [3.63, 3.8) is 0 Å². The number of hydrogen-bond acceptors (Lipinski definition) is 4. The van der Waals surface area contributed by atoms with E-state index < -0.39 is 0 Å². The maximum Gasteiger partial charge on any atom is 0.217 e. The quantitative estimate of drug-likeness (QED) is 0.683. The van der Waals surface area contributed by atoms with E-state index in [0.29, 0.717) is 16.5 Å². The second-order valence-electron chi connectivity index (χ2n) is 3.54. The largest absolute Gasteiger partial charge is 0.493 e. The van der Waals surface area contributed by atoms with E-state index in [1.165, 1.54) is 11.8 Å². The fraction of sp³-hybridized carbons (Fsp3) is 0.167. The van der Waals surface area contributed by atoms with Crippen molar-refractivity contribution < 1.29 is 5.11 Å². The lowest BCUT2D eigenvalue weighted by Gasteiger charge is -2.04.